The van der Waals surface area contributed by atoms with Crippen molar-refractivity contribution >= 4 is 5.69 Å². The molecule has 4 N–H and O–H groups in total. The second-order valence-corrected chi connectivity index (χ2v) is 2.57. The van der Waals surface area contributed by atoms with Crippen LogP contribution in [0.4, 0.5) is 5.69 Å². The SMILES string of the molecule is COc1ccc(OC)c(CN)c1N. The number of nitrogens with two attached hydrogens (primary N) is 2. The summed E-state index contributed by atoms with van der Waals surface area (Å²) in [5.41, 5.74) is 12.7. The first kappa shape index (κ1) is 9.67. The summed E-state index contributed by atoms with van der Waals surface area (Å²) in [6.45, 7) is 0.339. The average molecular weight is 182 g/mol. The van der Waals surface area contributed by atoms with Crippen LogP contribution in [0.25, 0.3) is 0 Å². The summed E-state index contributed by atoms with van der Waals surface area (Å²) >= 11 is 0. The first-order chi connectivity index (χ1) is 6.24. The van der Waals surface area contributed by atoms with E-state index < -0.39 is 0 Å². The zero-order chi connectivity index (χ0) is 9.84. The summed E-state index contributed by atoms with van der Waals surface area (Å²) < 4.78 is 10.2. The van der Waals surface area contributed by atoms with Crippen molar-refractivity contribution in [3.63, 3.8) is 0 Å². The molecule has 0 heterocycles. The molecule has 0 amide bonds. The molecule has 0 aliphatic heterocycles. The molecule has 72 valence electrons. The first-order valence-corrected chi connectivity index (χ1v) is 3.94. The van der Waals surface area contributed by atoms with Crippen LogP contribution in [-0.4, -0.2) is 14.2 Å². The third kappa shape index (κ3) is 1.67. The summed E-state index contributed by atoms with van der Waals surface area (Å²) in [4.78, 5) is 0. The molecule has 4 heteroatoms. The Morgan fingerprint density at radius 2 is 1.69 bits per heavy atom. The van der Waals surface area contributed by atoms with Gasteiger partial charge >= 0.3 is 0 Å². The zero-order valence-corrected chi connectivity index (χ0v) is 7.83. The van der Waals surface area contributed by atoms with Crippen LogP contribution in [0.1, 0.15) is 5.56 Å². The minimum atomic E-state index is 0.339. The molecule has 0 aliphatic rings. The minimum Gasteiger partial charge on any atom is -0.496 e. The highest BCUT2D eigenvalue weighted by Crippen LogP contribution is 2.31. The second-order valence-electron chi connectivity index (χ2n) is 2.57. The summed E-state index contributed by atoms with van der Waals surface area (Å²) in [6, 6.07) is 3.55. The Kier molecular flexibility index (Phi) is 2.97. The molecule has 1 rings (SSSR count). The molecule has 1 aromatic rings. The van der Waals surface area contributed by atoms with Gasteiger partial charge < -0.3 is 20.9 Å². The molecular formula is C9H14N2O2. The van der Waals surface area contributed by atoms with E-state index in [2.05, 4.69) is 0 Å². The van der Waals surface area contributed by atoms with Crippen molar-refractivity contribution in [3.8, 4) is 11.5 Å². The Hall–Kier alpha value is -1.42. The highest BCUT2D eigenvalue weighted by atomic mass is 16.5. The van der Waals surface area contributed by atoms with E-state index in [0.717, 1.165) is 5.56 Å². The molecule has 0 aromatic heterocycles. The number of hydrogen-bond donors (Lipinski definition) is 2. The van der Waals surface area contributed by atoms with Gasteiger partial charge in [-0.15, -0.1) is 0 Å². The van der Waals surface area contributed by atoms with E-state index in [4.69, 9.17) is 20.9 Å². The fourth-order valence-corrected chi connectivity index (χ4v) is 1.20. The molecular weight excluding hydrogens is 168 g/mol. The van der Waals surface area contributed by atoms with E-state index in [-0.39, 0.29) is 0 Å². The van der Waals surface area contributed by atoms with Crippen molar-refractivity contribution in [1.82, 2.24) is 0 Å². The van der Waals surface area contributed by atoms with Gasteiger partial charge in [-0.2, -0.15) is 0 Å². The second kappa shape index (κ2) is 4.00. The zero-order valence-electron chi connectivity index (χ0n) is 7.83. The molecule has 0 aliphatic carbocycles. The van der Waals surface area contributed by atoms with Gasteiger partial charge in [0.1, 0.15) is 11.5 Å². The van der Waals surface area contributed by atoms with E-state index in [1.54, 1.807) is 26.4 Å². The highest BCUT2D eigenvalue weighted by molar-refractivity contribution is 5.63. The molecule has 0 spiro atoms. The Morgan fingerprint density at radius 1 is 1.15 bits per heavy atom. The van der Waals surface area contributed by atoms with E-state index in [9.17, 15) is 0 Å². The Bertz CT molecular complexity index is 300. The number of methoxy groups -OCH3 is 2. The summed E-state index contributed by atoms with van der Waals surface area (Å²) in [6.07, 6.45) is 0. The molecule has 13 heavy (non-hydrogen) atoms. The molecule has 0 saturated carbocycles. The fourth-order valence-electron chi connectivity index (χ4n) is 1.20. The van der Waals surface area contributed by atoms with Crippen LogP contribution in [-0.2, 0) is 6.54 Å². The summed E-state index contributed by atoms with van der Waals surface area (Å²) in [5.74, 6) is 1.32. The van der Waals surface area contributed by atoms with E-state index in [0.29, 0.717) is 23.7 Å². The predicted molar refractivity (Wildman–Crippen MR) is 51.8 cm³/mol. The molecule has 4 nitrogen and oxygen atoms in total. The average Bonchev–Trinajstić information content (AvgIpc) is 2.17. The topological polar surface area (TPSA) is 70.5 Å². The van der Waals surface area contributed by atoms with Crippen molar-refractivity contribution in [1.29, 1.82) is 0 Å². The van der Waals surface area contributed by atoms with Crippen molar-refractivity contribution in [3.05, 3.63) is 17.7 Å². The maximum Gasteiger partial charge on any atom is 0.142 e. The van der Waals surface area contributed by atoms with Gasteiger partial charge in [0.05, 0.1) is 19.9 Å². The van der Waals surface area contributed by atoms with Crippen LogP contribution in [0.15, 0.2) is 12.1 Å². The number of benzene rings is 1. The number of ether oxygens (including phenoxy) is 2. The highest BCUT2D eigenvalue weighted by Gasteiger charge is 2.09. The largest absolute Gasteiger partial charge is 0.496 e. The monoisotopic (exact) mass is 182 g/mol. The lowest BCUT2D eigenvalue weighted by Gasteiger charge is -2.12. The van der Waals surface area contributed by atoms with Gasteiger partial charge in [-0.1, -0.05) is 0 Å². The van der Waals surface area contributed by atoms with Crippen LogP contribution in [0.2, 0.25) is 0 Å². The Morgan fingerprint density at radius 3 is 2.15 bits per heavy atom. The quantitative estimate of drug-likeness (QED) is 0.676. The number of hydrogen-bond acceptors (Lipinski definition) is 4. The lowest BCUT2D eigenvalue weighted by atomic mass is 10.1. The van der Waals surface area contributed by atoms with Gasteiger partial charge in [0.2, 0.25) is 0 Å². The van der Waals surface area contributed by atoms with Gasteiger partial charge in [0.25, 0.3) is 0 Å². The lowest BCUT2D eigenvalue weighted by molar-refractivity contribution is 0.401. The Labute approximate surface area is 77.4 Å². The van der Waals surface area contributed by atoms with Crippen molar-refractivity contribution in [2.24, 2.45) is 5.73 Å². The van der Waals surface area contributed by atoms with Crippen molar-refractivity contribution < 1.29 is 9.47 Å². The van der Waals surface area contributed by atoms with Crippen LogP contribution in [0.3, 0.4) is 0 Å². The molecule has 0 bridgehead atoms. The van der Waals surface area contributed by atoms with Gasteiger partial charge in [0.15, 0.2) is 0 Å². The number of rotatable bonds is 3. The van der Waals surface area contributed by atoms with E-state index >= 15 is 0 Å². The standard InChI is InChI=1S/C9H14N2O2/c1-12-7-3-4-8(13-2)9(11)6(7)5-10/h3-4H,5,10-11H2,1-2H3. The van der Waals surface area contributed by atoms with Crippen LogP contribution >= 0.6 is 0 Å². The maximum atomic E-state index is 5.80. The molecule has 0 fully saturated rings. The van der Waals surface area contributed by atoms with Gasteiger partial charge in [-0.25, -0.2) is 0 Å². The van der Waals surface area contributed by atoms with Crippen molar-refractivity contribution in [2.45, 2.75) is 6.54 Å². The van der Waals surface area contributed by atoms with Crippen LogP contribution in [0.5, 0.6) is 11.5 Å². The van der Waals surface area contributed by atoms with E-state index in [1.807, 2.05) is 0 Å². The third-order valence-electron chi connectivity index (χ3n) is 1.92. The Balaban J connectivity index is 3.23. The van der Waals surface area contributed by atoms with Crippen molar-refractivity contribution in [2.75, 3.05) is 20.0 Å². The summed E-state index contributed by atoms with van der Waals surface area (Å²) in [5, 5.41) is 0. The lowest BCUT2D eigenvalue weighted by Crippen LogP contribution is -2.05. The molecule has 0 saturated heterocycles. The van der Waals surface area contributed by atoms with Crippen LogP contribution in [0, 0.1) is 0 Å². The predicted octanol–water partition coefficient (Wildman–Crippen LogP) is 0.745. The number of nitrogen functional groups attached to an aromatic ring is 1. The van der Waals surface area contributed by atoms with Gasteiger partial charge in [-0.3, -0.25) is 0 Å². The maximum absolute atomic E-state index is 5.80. The molecule has 1 aromatic carbocycles. The first-order valence-electron chi connectivity index (χ1n) is 3.94. The summed E-state index contributed by atoms with van der Waals surface area (Å²) in [7, 11) is 3.15. The third-order valence-corrected chi connectivity index (χ3v) is 1.92. The normalized spacial score (nSPS) is 9.77. The van der Waals surface area contributed by atoms with E-state index in [1.165, 1.54) is 0 Å². The molecule has 0 radical (unpaired) electrons. The van der Waals surface area contributed by atoms with Crippen LogP contribution < -0.4 is 20.9 Å². The number of anilines is 1. The molecule has 0 atom stereocenters. The van der Waals surface area contributed by atoms with Gasteiger partial charge in [-0.05, 0) is 12.1 Å². The molecule has 0 unspecified atom stereocenters. The van der Waals surface area contributed by atoms with Gasteiger partial charge in [0, 0.05) is 12.1 Å². The fraction of sp³-hybridized carbons (Fsp3) is 0.333. The smallest absolute Gasteiger partial charge is 0.142 e. The minimum absolute atomic E-state index is 0.339.